The standard InChI is InChI=1S/C58H109N2O6P/c1-6-8-10-12-14-16-18-20-22-24-26-28-30-32-34-36-38-40-42-44-46-48-50-52-58(62)59-56(55-66-67(63,64)65-54-53-60(3,4)5)57(61)51-49-47-45-43-41-39-37-35-33-31-29-27-25-23-21-19-17-15-13-11-9-7-2/h8,10,14,16,20,22,26,28,49,51,56-57,61H,6-7,9,11-13,15,17-19,21,23-25,27,29-48,50,52-55H2,1-5H3,(H-,59,62,63,64)/b10-8-,16-14-,22-20-,28-26-,51-49+. The van der Waals surface area contributed by atoms with Gasteiger partial charge < -0.3 is 28.8 Å². The number of nitrogens with one attached hydrogen (secondary N) is 1. The molecular formula is C58H109N2O6P. The molecule has 67 heavy (non-hydrogen) atoms. The van der Waals surface area contributed by atoms with Gasteiger partial charge in [0.1, 0.15) is 13.2 Å². The molecule has 0 aliphatic heterocycles. The largest absolute Gasteiger partial charge is 0.756 e. The Labute approximate surface area is 415 Å². The number of nitrogens with zero attached hydrogens (tertiary/aromatic N) is 1. The summed E-state index contributed by atoms with van der Waals surface area (Å²) in [6, 6.07) is -0.892. The molecule has 3 atom stereocenters. The summed E-state index contributed by atoms with van der Waals surface area (Å²) in [5, 5.41) is 13.9. The molecule has 0 aliphatic carbocycles. The summed E-state index contributed by atoms with van der Waals surface area (Å²) in [6.07, 6.45) is 65.7. The van der Waals surface area contributed by atoms with Crippen LogP contribution in [0.25, 0.3) is 0 Å². The van der Waals surface area contributed by atoms with E-state index in [-0.39, 0.29) is 19.1 Å². The van der Waals surface area contributed by atoms with E-state index in [1.807, 2.05) is 27.2 Å². The summed E-state index contributed by atoms with van der Waals surface area (Å²) in [5.74, 6) is -0.202. The third kappa shape index (κ3) is 51.9. The van der Waals surface area contributed by atoms with Crippen molar-refractivity contribution in [2.75, 3.05) is 40.9 Å². The van der Waals surface area contributed by atoms with Gasteiger partial charge in [-0.25, -0.2) is 0 Å². The molecule has 0 bridgehead atoms. The maximum Gasteiger partial charge on any atom is 0.268 e. The molecule has 0 saturated carbocycles. The van der Waals surface area contributed by atoms with Crippen LogP contribution in [0.15, 0.2) is 60.8 Å². The quantitative estimate of drug-likeness (QED) is 0.0272. The number of rotatable bonds is 51. The molecule has 0 rings (SSSR count). The van der Waals surface area contributed by atoms with Gasteiger partial charge in [-0.15, -0.1) is 0 Å². The second kappa shape index (κ2) is 49.2. The predicted octanol–water partition coefficient (Wildman–Crippen LogP) is 16.3. The third-order valence-electron chi connectivity index (χ3n) is 12.5. The van der Waals surface area contributed by atoms with Crippen molar-refractivity contribution in [2.24, 2.45) is 0 Å². The fourth-order valence-electron chi connectivity index (χ4n) is 8.09. The van der Waals surface area contributed by atoms with Gasteiger partial charge in [-0.1, -0.05) is 248 Å². The van der Waals surface area contributed by atoms with Crippen LogP contribution in [0.2, 0.25) is 0 Å². The number of aliphatic hydroxyl groups excluding tert-OH is 1. The van der Waals surface area contributed by atoms with Gasteiger partial charge in [-0.05, 0) is 57.8 Å². The van der Waals surface area contributed by atoms with E-state index in [0.29, 0.717) is 17.4 Å². The predicted molar refractivity (Wildman–Crippen MR) is 288 cm³/mol. The average molecular weight is 961 g/mol. The number of carbonyl (C=O) groups is 1. The number of hydrogen-bond acceptors (Lipinski definition) is 6. The summed E-state index contributed by atoms with van der Waals surface area (Å²) in [7, 11) is 1.26. The Bertz CT molecular complexity index is 1270. The monoisotopic (exact) mass is 961 g/mol. The first kappa shape index (κ1) is 65.2. The minimum absolute atomic E-state index is 0.00348. The average Bonchev–Trinajstić information content (AvgIpc) is 3.29. The van der Waals surface area contributed by atoms with E-state index in [4.69, 9.17) is 9.05 Å². The van der Waals surface area contributed by atoms with Crippen molar-refractivity contribution >= 4 is 13.7 Å². The minimum Gasteiger partial charge on any atom is -0.756 e. The van der Waals surface area contributed by atoms with Crippen molar-refractivity contribution in [3.63, 3.8) is 0 Å². The van der Waals surface area contributed by atoms with Crippen LogP contribution in [0.5, 0.6) is 0 Å². The molecule has 8 nitrogen and oxygen atoms in total. The highest BCUT2D eigenvalue weighted by Crippen LogP contribution is 2.38. The van der Waals surface area contributed by atoms with Crippen LogP contribution < -0.4 is 10.2 Å². The molecule has 0 aliphatic rings. The van der Waals surface area contributed by atoms with Gasteiger partial charge in [0.25, 0.3) is 7.82 Å². The highest BCUT2D eigenvalue weighted by molar-refractivity contribution is 7.45. The summed E-state index contributed by atoms with van der Waals surface area (Å²) in [6.45, 7) is 4.55. The Hall–Kier alpha value is -1.80. The van der Waals surface area contributed by atoms with Crippen molar-refractivity contribution < 1.29 is 32.9 Å². The Balaban J connectivity index is 4.25. The normalized spacial score (nSPS) is 14.4. The number of hydrogen-bond donors (Lipinski definition) is 2. The maximum atomic E-state index is 13.0. The Morgan fingerprint density at radius 2 is 0.910 bits per heavy atom. The number of unbranched alkanes of at least 4 members (excludes halogenated alkanes) is 30. The zero-order valence-corrected chi connectivity index (χ0v) is 45.5. The molecule has 9 heteroatoms. The number of carbonyl (C=O) groups excluding carboxylic acids is 1. The van der Waals surface area contributed by atoms with E-state index in [1.54, 1.807) is 6.08 Å². The molecule has 0 aromatic rings. The highest BCUT2D eigenvalue weighted by Gasteiger charge is 2.23. The zero-order chi connectivity index (χ0) is 49.2. The molecule has 0 heterocycles. The summed E-state index contributed by atoms with van der Waals surface area (Å²) in [4.78, 5) is 25.5. The number of phosphoric ester groups is 1. The van der Waals surface area contributed by atoms with Crippen molar-refractivity contribution in [1.29, 1.82) is 0 Å². The van der Waals surface area contributed by atoms with Gasteiger partial charge in [0.2, 0.25) is 5.91 Å². The minimum atomic E-state index is -4.60. The molecular weight excluding hydrogens is 852 g/mol. The number of allylic oxidation sites excluding steroid dienone is 9. The fourth-order valence-corrected chi connectivity index (χ4v) is 8.81. The van der Waals surface area contributed by atoms with Crippen LogP contribution in [0.1, 0.15) is 251 Å². The molecule has 1 amide bonds. The van der Waals surface area contributed by atoms with E-state index >= 15 is 0 Å². The Morgan fingerprint density at radius 1 is 0.537 bits per heavy atom. The number of aliphatic hydroxyl groups is 1. The van der Waals surface area contributed by atoms with Gasteiger partial charge in [0, 0.05) is 6.42 Å². The van der Waals surface area contributed by atoms with Crippen molar-refractivity contribution in [1.82, 2.24) is 5.32 Å². The summed E-state index contributed by atoms with van der Waals surface area (Å²) < 4.78 is 23.3. The molecule has 0 spiro atoms. The summed E-state index contributed by atoms with van der Waals surface area (Å²) in [5.41, 5.74) is 0. The fraction of sp³-hybridized carbons (Fsp3) is 0.810. The lowest BCUT2D eigenvalue weighted by Gasteiger charge is -2.29. The van der Waals surface area contributed by atoms with E-state index in [2.05, 4.69) is 67.8 Å². The van der Waals surface area contributed by atoms with Crippen LogP contribution in [0.4, 0.5) is 0 Å². The maximum absolute atomic E-state index is 13.0. The lowest BCUT2D eigenvalue weighted by Crippen LogP contribution is -2.45. The van der Waals surface area contributed by atoms with Crippen molar-refractivity contribution in [3.8, 4) is 0 Å². The second-order valence-corrected chi connectivity index (χ2v) is 21.7. The van der Waals surface area contributed by atoms with Gasteiger partial charge in [0.15, 0.2) is 0 Å². The highest BCUT2D eigenvalue weighted by atomic mass is 31.2. The van der Waals surface area contributed by atoms with Gasteiger partial charge in [-0.2, -0.15) is 0 Å². The van der Waals surface area contributed by atoms with Gasteiger partial charge in [0.05, 0.1) is 39.9 Å². The third-order valence-corrected chi connectivity index (χ3v) is 13.4. The van der Waals surface area contributed by atoms with Crippen LogP contribution in [-0.2, 0) is 18.4 Å². The molecule has 0 aromatic heterocycles. The van der Waals surface area contributed by atoms with Gasteiger partial charge in [-0.3, -0.25) is 9.36 Å². The van der Waals surface area contributed by atoms with Crippen molar-refractivity contribution in [3.05, 3.63) is 60.8 Å². The molecule has 392 valence electrons. The number of phosphoric acid groups is 1. The Kier molecular flexibility index (Phi) is 47.9. The van der Waals surface area contributed by atoms with Gasteiger partial charge >= 0.3 is 0 Å². The van der Waals surface area contributed by atoms with E-state index in [9.17, 15) is 19.4 Å². The van der Waals surface area contributed by atoms with Crippen LogP contribution in [0.3, 0.4) is 0 Å². The molecule has 2 N–H and O–H groups in total. The SMILES string of the molecule is CC/C=C\C/C=C\C/C=C\C/C=C\CCCCCCCCCCCCC(=O)NC(COP(=O)([O-])OCC[N+](C)(C)C)C(O)/C=C/CCCCCCCCCCCCCCCCCCCCCC. The smallest absolute Gasteiger partial charge is 0.268 e. The van der Waals surface area contributed by atoms with Crippen molar-refractivity contribution in [2.45, 2.75) is 264 Å². The first-order valence-corrected chi connectivity index (χ1v) is 29.6. The van der Waals surface area contributed by atoms with Crippen LogP contribution in [0, 0.1) is 0 Å². The van der Waals surface area contributed by atoms with E-state index < -0.39 is 20.0 Å². The zero-order valence-electron chi connectivity index (χ0n) is 44.6. The first-order chi connectivity index (χ1) is 32.5. The van der Waals surface area contributed by atoms with E-state index in [0.717, 1.165) is 64.2 Å². The molecule has 0 radical (unpaired) electrons. The number of likely N-dealkylation sites (N-methyl/N-ethyl adjacent to an activating group) is 1. The molecule has 0 saturated heterocycles. The van der Waals surface area contributed by atoms with Crippen LogP contribution >= 0.6 is 7.82 Å². The molecule has 3 unspecified atom stereocenters. The summed E-state index contributed by atoms with van der Waals surface area (Å²) >= 11 is 0. The topological polar surface area (TPSA) is 108 Å². The first-order valence-electron chi connectivity index (χ1n) is 28.2. The molecule has 0 aromatic carbocycles. The lowest BCUT2D eigenvalue weighted by atomic mass is 10.0. The molecule has 0 fully saturated rings. The van der Waals surface area contributed by atoms with Crippen LogP contribution in [-0.4, -0.2) is 68.5 Å². The Morgan fingerprint density at radius 3 is 1.33 bits per heavy atom. The number of quaternary nitrogens is 1. The second-order valence-electron chi connectivity index (χ2n) is 20.3. The van der Waals surface area contributed by atoms with E-state index in [1.165, 1.54) is 167 Å². The lowest BCUT2D eigenvalue weighted by molar-refractivity contribution is -0.870. The number of amides is 1.